The Kier molecular flexibility index (Phi) is 5.19. The first kappa shape index (κ1) is 20.5. The van der Waals surface area contributed by atoms with E-state index in [4.69, 9.17) is 0 Å². The lowest BCUT2D eigenvalue weighted by molar-refractivity contribution is -0.147. The quantitative estimate of drug-likeness (QED) is 0.639. The van der Waals surface area contributed by atoms with E-state index in [1.807, 2.05) is 19.1 Å². The van der Waals surface area contributed by atoms with Gasteiger partial charge < -0.3 is 10.0 Å². The first-order valence-electron chi connectivity index (χ1n) is 10.1. The Morgan fingerprint density at radius 1 is 1.23 bits per heavy atom. The van der Waals surface area contributed by atoms with E-state index in [-0.39, 0.29) is 18.0 Å². The monoisotopic (exact) mass is 417 g/mol. The molecule has 1 amide bonds. The Morgan fingerprint density at radius 2 is 1.97 bits per heavy atom. The second-order valence-corrected chi connectivity index (χ2v) is 7.93. The molecule has 0 unspecified atom stereocenters. The van der Waals surface area contributed by atoms with Gasteiger partial charge >= 0.3 is 5.97 Å². The van der Waals surface area contributed by atoms with Gasteiger partial charge in [-0.05, 0) is 49.1 Å². The van der Waals surface area contributed by atoms with Gasteiger partial charge in [-0.3, -0.25) is 14.4 Å². The number of aryl methyl sites for hydroxylation is 1. The topological polar surface area (TPSA) is 103 Å². The number of aliphatic carboxylic acids is 1. The van der Waals surface area contributed by atoms with Crippen LogP contribution >= 0.6 is 0 Å². The van der Waals surface area contributed by atoms with Crippen LogP contribution in [0.15, 0.2) is 60.0 Å². The van der Waals surface area contributed by atoms with Crippen LogP contribution in [0.5, 0.6) is 0 Å². The van der Waals surface area contributed by atoms with E-state index in [0.29, 0.717) is 40.4 Å². The lowest BCUT2D eigenvalue weighted by Gasteiger charge is -2.38. The smallest absolute Gasteiger partial charge is 0.314 e. The summed E-state index contributed by atoms with van der Waals surface area (Å²) in [7, 11) is 0. The van der Waals surface area contributed by atoms with Crippen LogP contribution in [0.2, 0.25) is 0 Å². The first-order valence-corrected chi connectivity index (χ1v) is 10.1. The molecule has 1 aliphatic rings. The number of benzene rings is 2. The lowest BCUT2D eigenvalue weighted by atomic mass is 9.64. The van der Waals surface area contributed by atoms with Gasteiger partial charge in [-0.25, -0.2) is 5.10 Å². The normalized spacial score (nSPS) is 14.6. The maximum Gasteiger partial charge on any atom is 0.314 e. The molecule has 0 saturated heterocycles. The van der Waals surface area contributed by atoms with Crippen LogP contribution < -0.4 is 5.56 Å². The highest BCUT2D eigenvalue weighted by atomic mass is 16.4. The number of amides is 1. The Balaban J connectivity index is 1.77. The number of carboxylic acid groups (broad SMARTS) is 1. The van der Waals surface area contributed by atoms with Crippen molar-refractivity contribution in [1.82, 2.24) is 15.1 Å². The molecular weight excluding hydrogens is 394 g/mol. The summed E-state index contributed by atoms with van der Waals surface area (Å²) in [4.78, 5) is 38.8. The number of carbonyl (C=O) groups is 2. The number of aromatic amines is 1. The maximum absolute atomic E-state index is 13.1. The molecule has 4 rings (SSSR count). The number of hydrogen-bond donors (Lipinski definition) is 2. The van der Waals surface area contributed by atoms with Gasteiger partial charge in [0, 0.05) is 17.1 Å². The molecule has 2 aromatic carbocycles. The van der Waals surface area contributed by atoms with Crippen LogP contribution in [0, 0.1) is 6.92 Å². The lowest BCUT2D eigenvalue weighted by Crippen LogP contribution is -2.42. The van der Waals surface area contributed by atoms with Crippen LogP contribution in [-0.4, -0.2) is 32.1 Å². The van der Waals surface area contributed by atoms with Crippen molar-refractivity contribution in [3.8, 4) is 0 Å². The molecule has 0 aliphatic heterocycles. The van der Waals surface area contributed by atoms with Gasteiger partial charge in [0.05, 0.1) is 23.0 Å². The number of aromatic nitrogens is 2. The molecule has 0 bridgehead atoms. The fourth-order valence-electron chi connectivity index (χ4n) is 4.14. The number of nitrogens with one attached hydrogen (secondary N) is 1. The maximum atomic E-state index is 13.1. The van der Waals surface area contributed by atoms with Crippen LogP contribution in [0.25, 0.3) is 10.8 Å². The van der Waals surface area contributed by atoms with Gasteiger partial charge in [-0.15, -0.1) is 0 Å². The average Bonchev–Trinajstić information content (AvgIpc) is 2.72. The predicted molar refractivity (Wildman–Crippen MR) is 117 cm³/mol. The number of rotatable bonds is 6. The highest BCUT2D eigenvalue weighted by molar-refractivity contribution is 5.96. The van der Waals surface area contributed by atoms with Gasteiger partial charge in [0.2, 0.25) is 0 Å². The number of carboxylic acids is 1. The zero-order chi connectivity index (χ0) is 22.2. The Labute approximate surface area is 179 Å². The minimum Gasteiger partial charge on any atom is -0.481 e. The van der Waals surface area contributed by atoms with Crippen LogP contribution in [0.3, 0.4) is 0 Å². The largest absolute Gasteiger partial charge is 0.481 e. The molecule has 1 aromatic heterocycles. The van der Waals surface area contributed by atoms with Crippen molar-refractivity contribution in [3.63, 3.8) is 0 Å². The molecule has 158 valence electrons. The summed E-state index contributed by atoms with van der Waals surface area (Å²) in [5.74, 6) is -1.09. The number of H-pyrrole nitrogens is 1. The van der Waals surface area contributed by atoms with Crippen molar-refractivity contribution in [1.29, 1.82) is 0 Å². The average molecular weight is 417 g/mol. The second-order valence-electron chi connectivity index (χ2n) is 7.93. The molecule has 7 heteroatoms. The van der Waals surface area contributed by atoms with Crippen molar-refractivity contribution in [3.05, 3.63) is 88.0 Å². The van der Waals surface area contributed by atoms with E-state index in [2.05, 4.69) is 16.8 Å². The zero-order valence-electron chi connectivity index (χ0n) is 17.2. The van der Waals surface area contributed by atoms with E-state index >= 15 is 0 Å². The fraction of sp³-hybridized carbons (Fsp3) is 0.250. The zero-order valence-corrected chi connectivity index (χ0v) is 17.2. The SMILES string of the molecule is C=CN(Cc1n[nH]c(=O)c2ccc(C3(C(=O)O)CCC3)cc12)C(=O)c1ccccc1C. The molecule has 0 atom stereocenters. The number of nitrogens with zero attached hydrogens (tertiary/aromatic N) is 2. The number of hydrogen-bond acceptors (Lipinski definition) is 4. The fourth-order valence-corrected chi connectivity index (χ4v) is 4.14. The summed E-state index contributed by atoms with van der Waals surface area (Å²) in [6.45, 7) is 5.71. The molecular formula is C24H23N3O4. The summed E-state index contributed by atoms with van der Waals surface area (Å²) >= 11 is 0. The summed E-state index contributed by atoms with van der Waals surface area (Å²) in [5.41, 5.74) is 1.23. The highest BCUT2D eigenvalue weighted by Crippen LogP contribution is 2.44. The van der Waals surface area contributed by atoms with Crippen molar-refractivity contribution in [2.45, 2.75) is 38.1 Å². The summed E-state index contributed by atoms with van der Waals surface area (Å²) in [6.07, 6.45) is 3.40. The van der Waals surface area contributed by atoms with E-state index in [0.717, 1.165) is 12.0 Å². The van der Waals surface area contributed by atoms with Gasteiger partial charge in [-0.2, -0.15) is 5.10 Å². The van der Waals surface area contributed by atoms with Crippen molar-refractivity contribution in [2.24, 2.45) is 0 Å². The van der Waals surface area contributed by atoms with Crippen LogP contribution in [-0.2, 0) is 16.8 Å². The molecule has 0 spiro atoms. The molecule has 1 aliphatic carbocycles. The molecule has 31 heavy (non-hydrogen) atoms. The standard InChI is InChI=1S/C24H23N3O4/c1-3-27(22(29)17-8-5-4-7-15(17)2)14-20-19-13-16(24(23(30)31)11-6-12-24)9-10-18(19)21(28)26-25-20/h3-5,7-10,13H,1,6,11-12,14H2,2H3,(H,26,28)(H,30,31). The third kappa shape index (κ3) is 3.42. The Hall–Kier alpha value is -3.74. The first-order chi connectivity index (χ1) is 14.9. The third-order valence-electron chi connectivity index (χ3n) is 6.21. The van der Waals surface area contributed by atoms with Crippen molar-refractivity contribution >= 4 is 22.6 Å². The molecule has 2 N–H and O–H groups in total. The Bertz CT molecular complexity index is 1260. The number of fused-ring (bicyclic) bond motifs is 1. The molecule has 7 nitrogen and oxygen atoms in total. The van der Waals surface area contributed by atoms with Crippen LogP contribution in [0.4, 0.5) is 0 Å². The van der Waals surface area contributed by atoms with Gasteiger partial charge in [0.1, 0.15) is 0 Å². The Morgan fingerprint density at radius 3 is 2.58 bits per heavy atom. The van der Waals surface area contributed by atoms with Crippen LogP contribution in [0.1, 0.15) is 46.4 Å². The summed E-state index contributed by atoms with van der Waals surface area (Å²) in [6, 6.07) is 12.3. The minimum absolute atomic E-state index is 0.0907. The molecule has 1 heterocycles. The van der Waals surface area contributed by atoms with Crippen molar-refractivity contribution < 1.29 is 14.7 Å². The van der Waals surface area contributed by atoms with E-state index in [1.165, 1.54) is 11.1 Å². The van der Waals surface area contributed by atoms with E-state index in [1.54, 1.807) is 30.3 Å². The summed E-state index contributed by atoms with van der Waals surface area (Å²) < 4.78 is 0. The molecule has 1 fully saturated rings. The minimum atomic E-state index is -0.927. The number of carbonyl (C=O) groups excluding carboxylic acids is 1. The highest BCUT2D eigenvalue weighted by Gasteiger charge is 2.46. The van der Waals surface area contributed by atoms with Gasteiger partial charge in [-0.1, -0.05) is 37.3 Å². The van der Waals surface area contributed by atoms with E-state index in [9.17, 15) is 19.5 Å². The summed E-state index contributed by atoms with van der Waals surface area (Å²) in [5, 5.41) is 17.4. The van der Waals surface area contributed by atoms with E-state index < -0.39 is 11.4 Å². The third-order valence-corrected chi connectivity index (χ3v) is 6.21. The predicted octanol–water partition coefficient (Wildman–Crippen LogP) is 3.52. The molecule has 0 radical (unpaired) electrons. The second kappa shape index (κ2) is 7.83. The van der Waals surface area contributed by atoms with Gasteiger partial charge in [0.25, 0.3) is 11.5 Å². The van der Waals surface area contributed by atoms with Gasteiger partial charge in [0.15, 0.2) is 0 Å². The molecule has 1 saturated carbocycles. The van der Waals surface area contributed by atoms with Crippen molar-refractivity contribution in [2.75, 3.05) is 0 Å². The molecule has 3 aromatic rings.